The van der Waals surface area contributed by atoms with Crippen molar-refractivity contribution in [3.63, 3.8) is 0 Å². The first-order chi connectivity index (χ1) is 51.0. The van der Waals surface area contributed by atoms with Crippen LogP contribution in [0.3, 0.4) is 0 Å². The summed E-state index contributed by atoms with van der Waals surface area (Å²) in [4.78, 5) is 17.2. The summed E-state index contributed by atoms with van der Waals surface area (Å²) in [5.41, 5.74) is 6.91. The first kappa shape index (κ1) is 70.1. The Balaban J connectivity index is 0.000000124. The predicted molar refractivity (Wildman–Crippen MR) is 368 cm³/mol. The largest absolute Gasteiger partial charge is 0.496 e. The Morgan fingerprint density at radius 1 is 0.390 bits per heavy atom. The lowest BCUT2D eigenvalue weighted by molar-refractivity contribution is -0.137. The molecular formula is C72H52BrF7N20O5. The highest BCUT2D eigenvalue weighted by molar-refractivity contribution is 9.10. The standard InChI is InChI=1S/C19H13F4N5O.C19H16FN5O2.C17H11BrFN5O.C17H12FN5O/c1-2-14-16(25-27-28(14)15-9-4-3-8-13(15)20)18-24-17(26-29-18)11-6-5-7-12(10-11)19(21,22)23;1-3-14-17(22-24-25(14)15-10-6-5-9-13(15)20)19-21-18(23-27-19)12-8-4-7-11-16(12)26-2;1-10-15(21-23-24(10)14-9-5-3-7-12(14)18)17-20-16(22-25-17)11-6-2-4-8-13(11)19;1-11-15(20-22-23(11)14-10-6-5-9-13(14)18)17-19-16(21-24-17)12-7-3-2-4-8-12/h3-10H,2H2,1H3;4-11H,3H2,1-2H3;2-9H,1H3;2-10H,1H3. The van der Waals surface area contributed by atoms with Gasteiger partial charge in [-0.3, -0.25) is 0 Å². The van der Waals surface area contributed by atoms with Crippen molar-refractivity contribution in [2.24, 2.45) is 0 Å². The van der Waals surface area contributed by atoms with Gasteiger partial charge in [-0.25, -0.2) is 36.3 Å². The lowest BCUT2D eigenvalue weighted by Gasteiger charge is -2.06. The first-order valence-corrected chi connectivity index (χ1v) is 32.5. The van der Waals surface area contributed by atoms with Crippen molar-refractivity contribution in [1.82, 2.24) is 101 Å². The summed E-state index contributed by atoms with van der Waals surface area (Å²) in [6.45, 7) is 7.37. The number of aromatic nitrogens is 20. The van der Waals surface area contributed by atoms with Crippen molar-refractivity contribution in [3.8, 4) is 120 Å². The van der Waals surface area contributed by atoms with Crippen LogP contribution in [0.25, 0.3) is 115 Å². The Morgan fingerprint density at radius 2 is 0.762 bits per heavy atom. The first-order valence-electron chi connectivity index (χ1n) is 31.7. The molecule has 0 fully saturated rings. The SMILES string of the molecule is CCc1c(-c2nc(-c3cccc(C(F)(F)F)c3)no2)nnn1-c1ccccc1F.CCc1c(-c2nc(-c3ccccc3OC)no2)nnn1-c1ccccc1F.Cc1c(-c2nc(-c3ccccc3)no2)nnn1-c1ccccc1F.Cc1c(-c2nc(-c3ccccc3F)no2)nnn1-c1ccccc1Br. The normalized spacial score (nSPS) is 11.2. The molecule has 0 atom stereocenters. The number of nitrogens with zero attached hydrogens (tertiary/aromatic N) is 20. The van der Waals surface area contributed by atoms with E-state index in [-0.39, 0.29) is 69.4 Å². The maximum atomic E-state index is 14.2. The number of rotatable bonds is 15. The monoisotopic (exact) mass is 1490 g/mol. The van der Waals surface area contributed by atoms with Crippen molar-refractivity contribution in [2.75, 3.05) is 7.11 Å². The number of benzene rings is 8. The van der Waals surface area contributed by atoms with Gasteiger partial charge in [0.15, 0.2) is 22.8 Å². The van der Waals surface area contributed by atoms with E-state index in [2.05, 4.69) is 97.7 Å². The molecule has 16 rings (SSSR count). The van der Waals surface area contributed by atoms with Gasteiger partial charge in [0, 0.05) is 15.6 Å². The van der Waals surface area contributed by atoms with Gasteiger partial charge in [-0.1, -0.05) is 171 Å². The van der Waals surface area contributed by atoms with Crippen LogP contribution in [0, 0.1) is 37.1 Å². The Kier molecular flexibility index (Phi) is 20.6. The third-order valence-corrected chi connectivity index (χ3v) is 16.4. The molecule has 0 amide bonds. The van der Waals surface area contributed by atoms with E-state index in [4.69, 9.17) is 22.8 Å². The third-order valence-electron chi connectivity index (χ3n) is 15.8. The predicted octanol–water partition coefficient (Wildman–Crippen LogP) is 16.0. The third kappa shape index (κ3) is 14.9. The lowest BCUT2D eigenvalue weighted by atomic mass is 10.1. The second-order valence-electron chi connectivity index (χ2n) is 22.3. The molecule has 0 aliphatic rings. The zero-order valence-corrected chi connectivity index (χ0v) is 57.1. The highest BCUT2D eigenvalue weighted by Crippen LogP contribution is 2.35. The number of halogens is 8. The summed E-state index contributed by atoms with van der Waals surface area (Å²) in [6.07, 6.45) is -3.50. The maximum absolute atomic E-state index is 14.2. The lowest BCUT2D eigenvalue weighted by Crippen LogP contribution is -2.04. The smallest absolute Gasteiger partial charge is 0.416 e. The van der Waals surface area contributed by atoms with Crippen LogP contribution in [0.2, 0.25) is 0 Å². The second kappa shape index (κ2) is 30.9. The van der Waals surface area contributed by atoms with Gasteiger partial charge >= 0.3 is 6.18 Å². The summed E-state index contributed by atoms with van der Waals surface area (Å²) >= 11 is 3.49. The number of ether oxygens (including phenoxy) is 1. The minimum atomic E-state index is -4.49. The summed E-state index contributed by atoms with van der Waals surface area (Å²) in [5, 5.41) is 48.2. The maximum Gasteiger partial charge on any atom is 0.416 e. The molecule has 0 saturated carbocycles. The molecular weight excluding hydrogens is 1440 g/mol. The van der Waals surface area contributed by atoms with E-state index in [1.807, 2.05) is 99.6 Å². The Bertz CT molecular complexity index is 5690. The fourth-order valence-electron chi connectivity index (χ4n) is 10.6. The fourth-order valence-corrected chi connectivity index (χ4v) is 11.0. The Morgan fingerprint density at radius 3 is 1.25 bits per heavy atom. The minimum absolute atomic E-state index is 0.0168. The highest BCUT2D eigenvalue weighted by atomic mass is 79.9. The quantitative estimate of drug-likeness (QED) is 0.0862. The number of methoxy groups -OCH3 is 1. The molecule has 105 heavy (non-hydrogen) atoms. The van der Waals surface area contributed by atoms with E-state index >= 15 is 0 Å². The van der Waals surface area contributed by atoms with Crippen LogP contribution in [0.5, 0.6) is 5.75 Å². The molecule has 8 heterocycles. The average Bonchev–Trinajstić information content (AvgIpc) is 1.67. The van der Waals surface area contributed by atoms with Gasteiger partial charge in [-0.05, 0) is 128 Å². The molecule has 25 nitrogen and oxygen atoms in total. The molecule has 0 radical (unpaired) electrons. The molecule has 8 aromatic carbocycles. The van der Waals surface area contributed by atoms with Crippen molar-refractivity contribution in [3.05, 3.63) is 256 Å². The van der Waals surface area contributed by atoms with Crippen molar-refractivity contribution >= 4 is 15.9 Å². The molecule has 16 aromatic rings. The van der Waals surface area contributed by atoms with Gasteiger partial charge in [-0.2, -0.15) is 33.1 Å². The molecule has 0 aliphatic heterocycles. The van der Waals surface area contributed by atoms with E-state index in [0.717, 1.165) is 33.6 Å². The minimum Gasteiger partial charge on any atom is -0.496 e. The zero-order chi connectivity index (χ0) is 73.3. The van der Waals surface area contributed by atoms with Crippen LogP contribution in [0.4, 0.5) is 30.7 Å². The Labute approximate surface area is 597 Å². The number of hydrogen-bond acceptors (Lipinski definition) is 21. The molecule has 8 aromatic heterocycles. The molecule has 0 saturated heterocycles. The van der Waals surface area contributed by atoms with Gasteiger partial charge in [0.05, 0.1) is 52.3 Å². The van der Waals surface area contributed by atoms with Crippen molar-refractivity contribution < 1.29 is 53.6 Å². The van der Waals surface area contributed by atoms with Gasteiger partial charge in [0.1, 0.15) is 46.1 Å². The van der Waals surface area contributed by atoms with Crippen LogP contribution in [-0.2, 0) is 19.0 Å². The van der Waals surface area contributed by atoms with E-state index < -0.39 is 23.4 Å². The van der Waals surface area contributed by atoms with Gasteiger partial charge in [0.2, 0.25) is 23.3 Å². The highest BCUT2D eigenvalue weighted by Gasteiger charge is 2.32. The summed E-state index contributed by atoms with van der Waals surface area (Å²) in [5.74, 6) is 0.603. The second-order valence-corrected chi connectivity index (χ2v) is 23.1. The van der Waals surface area contributed by atoms with E-state index in [9.17, 15) is 30.7 Å². The number of para-hydroxylation sites is 5. The van der Waals surface area contributed by atoms with Crippen molar-refractivity contribution in [2.45, 2.75) is 46.7 Å². The van der Waals surface area contributed by atoms with Gasteiger partial charge in [0.25, 0.3) is 23.6 Å². The number of hydrogen-bond donors (Lipinski definition) is 0. The average molecular weight is 1490 g/mol. The summed E-state index contributed by atoms with van der Waals surface area (Å²) in [7, 11) is 1.58. The molecule has 0 N–H and O–H groups in total. The summed E-state index contributed by atoms with van der Waals surface area (Å²) in [6, 6.07) is 54.2. The summed E-state index contributed by atoms with van der Waals surface area (Å²) < 4.78 is 128. The zero-order valence-electron chi connectivity index (χ0n) is 55.5. The molecule has 0 spiro atoms. The molecule has 33 heteroatoms. The van der Waals surface area contributed by atoms with Gasteiger partial charge in [-0.15, -0.1) is 20.4 Å². The molecule has 0 aliphatic carbocycles. The van der Waals surface area contributed by atoms with Crippen LogP contribution in [0.15, 0.2) is 223 Å². The fraction of sp³-hybridized carbons (Fsp3) is 0.111. The van der Waals surface area contributed by atoms with Crippen LogP contribution < -0.4 is 4.74 Å². The van der Waals surface area contributed by atoms with E-state index in [1.165, 1.54) is 50.4 Å². The molecule has 526 valence electrons. The molecule has 0 unspecified atom stereocenters. The van der Waals surface area contributed by atoms with Crippen LogP contribution >= 0.6 is 15.9 Å². The topological polar surface area (TPSA) is 288 Å². The van der Waals surface area contributed by atoms with Gasteiger partial charge < -0.3 is 22.8 Å². The van der Waals surface area contributed by atoms with Crippen molar-refractivity contribution in [1.29, 1.82) is 0 Å². The Hall–Kier alpha value is -13.3. The molecule has 0 bridgehead atoms. The van der Waals surface area contributed by atoms with E-state index in [1.54, 1.807) is 91.5 Å². The van der Waals surface area contributed by atoms with Crippen LogP contribution in [0.1, 0.15) is 42.2 Å². The van der Waals surface area contributed by atoms with Crippen LogP contribution in [-0.4, -0.2) is 108 Å². The van der Waals surface area contributed by atoms with E-state index in [0.29, 0.717) is 81.3 Å². The number of alkyl halides is 3.